The summed E-state index contributed by atoms with van der Waals surface area (Å²) in [5.74, 6) is -0.622. The van der Waals surface area contributed by atoms with E-state index in [1.165, 1.54) is 30.7 Å². The van der Waals surface area contributed by atoms with Crippen LogP contribution in [0.15, 0.2) is 48.9 Å². The first kappa shape index (κ1) is 15.9. The zero-order valence-electron chi connectivity index (χ0n) is 13.3. The number of hydrazine groups is 1. The van der Waals surface area contributed by atoms with E-state index in [0.717, 1.165) is 0 Å². The summed E-state index contributed by atoms with van der Waals surface area (Å²) in [7, 11) is 0. The summed E-state index contributed by atoms with van der Waals surface area (Å²) in [6.07, 6.45) is 4.20. The third kappa shape index (κ3) is 2.70. The largest absolute Gasteiger partial charge is 0.390 e. The van der Waals surface area contributed by atoms with Crippen molar-refractivity contribution in [2.75, 3.05) is 5.43 Å². The van der Waals surface area contributed by atoms with Crippen LogP contribution < -0.4 is 10.9 Å². The minimum atomic E-state index is -0.494. The number of aliphatic hydroxyl groups is 1. The molecule has 8 nitrogen and oxygen atoms in total. The monoisotopic (exact) mass is 352 g/mol. The van der Waals surface area contributed by atoms with Crippen molar-refractivity contribution in [3.05, 3.63) is 66.1 Å². The third-order valence-corrected chi connectivity index (χ3v) is 3.87. The Morgan fingerprint density at radius 2 is 2.04 bits per heavy atom. The summed E-state index contributed by atoms with van der Waals surface area (Å²) in [4.78, 5) is 24.2. The van der Waals surface area contributed by atoms with Crippen molar-refractivity contribution in [3.8, 4) is 0 Å². The fraction of sp³-hybridized carbons (Fsp3) is 0.0588. The molecule has 4 aromatic rings. The Bertz CT molecular complexity index is 1110. The molecule has 0 bridgehead atoms. The van der Waals surface area contributed by atoms with Gasteiger partial charge in [0.2, 0.25) is 0 Å². The van der Waals surface area contributed by atoms with Gasteiger partial charge in [0.1, 0.15) is 11.5 Å². The smallest absolute Gasteiger partial charge is 0.289 e. The van der Waals surface area contributed by atoms with E-state index < -0.39 is 11.7 Å². The Balaban J connectivity index is 1.76. The average molecular weight is 352 g/mol. The number of hydrogen-bond acceptors (Lipinski definition) is 6. The lowest BCUT2D eigenvalue weighted by Crippen LogP contribution is -2.30. The number of benzene rings is 1. The van der Waals surface area contributed by atoms with Crippen LogP contribution in [-0.2, 0) is 6.61 Å². The molecule has 3 heterocycles. The van der Waals surface area contributed by atoms with Gasteiger partial charge in [0.25, 0.3) is 5.91 Å². The van der Waals surface area contributed by atoms with Gasteiger partial charge in [-0.1, -0.05) is 0 Å². The molecular weight excluding hydrogens is 339 g/mol. The molecular formula is C17H13FN6O2. The van der Waals surface area contributed by atoms with Crippen LogP contribution in [0.3, 0.4) is 0 Å². The number of aliphatic hydroxyl groups excluding tert-OH is 1. The highest BCUT2D eigenvalue weighted by Crippen LogP contribution is 2.25. The second kappa shape index (κ2) is 6.37. The van der Waals surface area contributed by atoms with Gasteiger partial charge in [-0.2, -0.15) is 0 Å². The minimum Gasteiger partial charge on any atom is -0.390 e. The lowest BCUT2D eigenvalue weighted by atomic mass is 10.2. The van der Waals surface area contributed by atoms with E-state index in [0.29, 0.717) is 28.1 Å². The summed E-state index contributed by atoms with van der Waals surface area (Å²) in [5, 5.41) is 9.58. The maximum Gasteiger partial charge on any atom is 0.289 e. The van der Waals surface area contributed by atoms with Gasteiger partial charge in [0, 0.05) is 24.2 Å². The SMILES string of the molecule is O=C(NNc1nc2cc(F)ccc2n2c(CO)ccc12)c1cnccn1. The second-order valence-corrected chi connectivity index (χ2v) is 5.47. The third-order valence-electron chi connectivity index (χ3n) is 3.87. The summed E-state index contributed by atoms with van der Waals surface area (Å²) in [5.41, 5.74) is 7.60. The molecule has 0 aliphatic rings. The van der Waals surface area contributed by atoms with E-state index >= 15 is 0 Å². The van der Waals surface area contributed by atoms with Gasteiger partial charge in [-0.05, 0) is 24.3 Å². The molecule has 1 aromatic carbocycles. The van der Waals surface area contributed by atoms with Gasteiger partial charge in [-0.25, -0.2) is 14.4 Å². The van der Waals surface area contributed by atoms with Crippen molar-refractivity contribution in [3.63, 3.8) is 0 Å². The Morgan fingerprint density at radius 3 is 2.81 bits per heavy atom. The van der Waals surface area contributed by atoms with Gasteiger partial charge in [-0.3, -0.25) is 20.6 Å². The summed E-state index contributed by atoms with van der Waals surface area (Å²) >= 11 is 0. The van der Waals surface area contributed by atoms with Crippen LogP contribution in [0.4, 0.5) is 10.2 Å². The van der Waals surface area contributed by atoms with E-state index in [9.17, 15) is 14.3 Å². The summed E-state index contributed by atoms with van der Waals surface area (Å²) < 4.78 is 15.4. The molecule has 0 aliphatic carbocycles. The number of carbonyl (C=O) groups is 1. The first-order chi connectivity index (χ1) is 12.7. The highest BCUT2D eigenvalue weighted by Gasteiger charge is 2.14. The molecule has 9 heteroatoms. The first-order valence-electron chi connectivity index (χ1n) is 7.70. The number of nitrogens with zero attached hydrogens (tertiary/aromatic N) is 4. The highest BCUT2D eigenvalue weighted by atomic mass is 19.1. The predicted octanol–water partition coefficient (Wildman–Crippen LogP) is 1.67. The number of hydrogen-bond donors (Lipinski definition) is 3. The van der Waals surface area contributed by atoms with Gasteiger partial charge in [-0.15, -0.1) is 0 Å². The Kier molecular flexibility index (Phi) is 3.90. The van der Waals surface area contributed by atoms with Crippen molar-refractivity contribution in [2.45, 2.75) is 6.61 Å². The Morgan fingerprint density at radius 1 is 1.19 bits per heavy atom. The zero-order valence-corrected chi connectivity index (χ0v) is 13.3. The van der Waals surface area contributed by atoms with E-state index in [-0.39, 0.29) is 12.3 Å². The first-order valence-corrected chi connectivity index (χ1v) is 7.70. The molecule has 0 radical (unpaired) electrons. The zero-order chi connectivity index (χ0) is 18.1. The van der Waals surface area contributed by atoms with Crippen molar-refractivity contribution in [2.24, 2.45) is 0 Å². The van der Waals surface area contributed by atoms with Crippen LogP contribution in [0.2, 0.25) is 0 Å². The fourth-order valence-electron chi connectivity index (χ4n) is 2.71. The van der Waals surface area contributed by atoms with Crippen molar-refractivity contribution in [1.82, 2.24) is 24.8 Å². The van der Waals surface area contributed by atoms with Crippen LogP contribution >= 0.6 is 0 Å². The van der Waals surface area contributed by atoms with Crippen LogP contribution in [0.25, 0.3) is 16.6 Å². The summed E-state index contributed by atoms with van der Waals surface area (Å²) in [6.45, 7) is -0.198. The molecule has 0 unspecified atom stereocenters. The molecule has 0 fully saturated rings. The molecule has 0 atom stereocenters. The number of fused-ring (bicyclic) bond motifs is 3. The molecule has 1 amide bonds. The quantitative estimate of drug-likeness (QED) is 0.483. The number of amides is 1. The number of carbonyl (C=O) groups excluding carboxylic acids is 1. The van der Waals surface area contributed by atoms with Crippen molar-refractivity contribution >= 4 is 28.3 Å². The maximum absolute atomic E-state index is 13.6. The van der Waals surface area contributed by atoms with Crippen molar-refractivity contribution < 1.29 is 14.3 Å². The Hall–Kier alpha value is -3.59. The molecule has 3 aromatic heterocycles. The van der Waals surface area contributed by atoms with Gasteiger partial charge in [0.05, 0.1) is 29.4 Å². The Labute approximate surface area is 146 Å². The number of nitrogens with one attached hydrogen (secondary N) is 2. The van der Waals surface area contributed by atoms with E-state index in [4.69, 9.17) is 0 Å². The van der Waals surface area contributed by atoms with Crippen LogP contribution in [-0.4, -0.2) is 30.4 Å². The molecule has 0 aliphatic heterocycles. The second-order valence-electron chi connectivity index (χ2n) is 5.47. The van der Waals surface area contributed by atoms with Crippen LogP contribution in [0, 0.1) is 5.82 Å². The maximum atomic E-state index is 13.6. The standard InChI is InChI=1S/C17H13FN6O2/c18-10-1-3-14-12(7-10)21-16(15-4-2-11(9-25)24(14)15)22-23-17(26)13-8-19-5-6-20-13/h1-8,25H,9H2,(H,21,22)(H,23,26). The van der Waals surface area contributed by atoms with Gasteiger partial charge >= 0.3 is 0 Å². The van der Waals surface area contributed by atoms with E-state index in [1.54, 1.807) is 22.6 Å². The number of aromatic nitrogens is 4. The van der Waals surface area contributed by atoms with E-state index in [2.05, 4.69) is 25.8 Å². The molecule has 26 heavy (non-hydrogen) atoms. The van der Waals surface area contributed by atoms with Crippen LogP contribution in [0.5, 0.6) is 0 Å². The van der Waals surface area contributed by atoms with Crippen LogP contribution in [0.1, 0.15) is 16.2 Å². The molecule has 0 spiro atoms. The van der Waals surface area contributed by atoms with Gasteiger partial charge in [0.15, 0.2) is 5.82 Å². The van der Waals surface area contributed by atoms with Crippen molar-refractivity contribution in [1.29, 1.82) is 0 Å². The number of rotatable bonds is 4. The molecule has 0 saturated heterocycles. The molecule has 4 rings (SSSR count). The molecule has 0 saturated carbocycles. The number of anilines is 1. The van der Waals surface area contributed by atoms with E-state index in [1.807, 2.05) is 0 Å². The predicted molar refractivity (Wildman–Crippen MR) is 91.7 cm³/mol. The fourth-order valence-corrected chi connectivity index (χ4v) is 2.71. The molecule has 130 valence electrons. The lowest BCUT2D eigenvalue weighted by Gasteiger charge is -2.12. The van der Waals surface area contributed by atoms with Gasteiger partial charge < -0.3 is 9.51 Å². The topological polar surface area (TPSA) is 104 Å². The number of halogens is 1. The lowest BCUT2D eigenvalue weighted by molar-refractivity contribution is 0.0957. The average Bonchev–Trinajstić information content (AvgIpc) is 3.10. The summed E-state index contributed by atoms with van der Waals surface area (Å²) in [6, 6.07) is 7.68. The minimum absolute atomic E-state index is 0.134. The normalized spacial score (nSPS) is 11.0. The molecule has 3 N–H and O–H groups in total. The highest BCUT2D eigenvalue weighted by molar-refractivity contribution is 5.93.